The van der Waals surface area contributed by atoms with Crippen molar-refractivity contribution in [3.05, 3.63) is 42.1 Å². The predicted molar refractivity (Wildman–Crippen MR) is 119 cm³/mol. The maximum Gasteiger partial charge on any atom is 0.259 e. The number of nitrogens with zero attached hydrogens (tertiary/aromatic N) is 2. The molecular formula is C20H20N6O6S. The number of benzene rings is 2. The van der Waals surface area contributed by atoms with E-state index in [2.05, 4.69) is 25.5 Å². The maximum absolute atomic E-state index is 13.0. The van der Waals surface area contributed by atoms with E-state index in [1.54, 1.807) is 12.1 Å². The van der Waals surface area contributed by atoms with Gasteiger partial charge in [-0.05, 0) is 18.2 Å². The third-order valence-corrected chi connectivity index (χ3v) is 5.77. The van der Waals surface area contributed by atoms with Gasteiger partial charge in [-0.2, -0.15) is 5.10 Å². The normalized spacial score (nSPS) is 11.4. The molecule has 0 aliphatic rings. The number of anilines is 1. The first kappa shape index (κ1) is 22.1. The van der Waals surface area contributed by atoms with Crippen LogP contribution in [0, 0.1) is 0 Å². The molecule has 0 spiro atoms. The molecule has 172 valence electrons. The molecule has 12 nitrogen and oxygen atoms in total. The minimum Gasteiger partial charge on any atom is -0.496 e. The summed E-state index contributed by atoms with van der Waals surface area (Å²) in [7, 11) is 0.408. The molecule has 0 atom stereocenters. The predicted octanol–water partition coefficient (Wildman–Crippen LogP) is 1.88. The number of primary sulfonamides is 1. The van der Waals surface area contributed by atoms with E-state index in [1.807, 2.05) is 0 Å². The Morgan fingerprint density at radius 1 is 1.03 bits per heavy atom. The average Bonchev–Trinajstić information content (AvgIpc) is 3.42. The van der Waals surface area contributed by atoms with Gasteiger partial charge in [-0.25, -0.2) is 18.5 Å². The van der Waals surface area contributed by atoms with Crippen LogP contribution in [-0.2, 0) is 10.0 Å². The van der Waals surface area contributed by atoms with Gasteiger partial charge in [0.05, 0.1) is 54.7 Å². The first-order chi connectivity index (χ1) is 15.7. The number of rotatable bonds is 7. The van der Waals surface area contributed by atoms with Crippen molar-refractivity contribution in [2.24, 2.45) is 5.14 Å². The highest BCUT2D eigenvalue weighted by molar-refractivity contribution is 7.89. The molecule has 4 aromatic rings. The Balaban J connectivity index is 1.70. The first-order valence-corrected chi connectivity index (χ1v) is 11.0. The van der Waals surface area contributed by atoms with Crippen molar-refractivity contribution in [2.45, 2.75) is 4.90 Å². The fourth-order valence-corrected chi connectivity index (χ4v) is 3.79. The summed E-state index contributed by atoms with van der Waals surface area (Å²) in [6.07, 6.45) is 1.40. The molecule has 13 heteroatoms. The van der Waals surface area contributed by atoms with E-state index >= 15 is 0 Å². The number of H-pyrrole nitrogens is 2. The zero-order valence-corrected chi connectivity index (χ0v) is 18.6. The fraction of sp³-hybridized carbons (Fsp3) is 0.150. The van der Waals surface area contributed by atoms with Crippen LogP contribution in [0.1, 0.15) is 10.4 Å². The number of nitrogens with two attached hydrogens (primary N) is 1. The Morgan fingerprint density at radius 2 is 1.73 bits per heavy atom. The van der Waals surface area contributed by atoms with Gasteiger partial charge < -0.3 is 24.5 Å². The van der Waals surface area contributed by atoms with Crippen molar-refractivity contribution in [1.82, 2.24) is 20.2 Å². The van der Waals surface area contributed by atoms with Crippen molar-refractivity contribution >= 4 is 32.7 Å². The third-order valence-electron chi connectivity index (χ3n) is 4.86. The smallest absolute Gasteiger partial charge is 0.259 e. The van der Waals surface area contributed by atoms with Crippen LogP contribution in [0.4, 0.5) is 5.69 Å². The zero-order chi connectivity index (χ0) is 23.8. The van der Waals surface area contributed by atoms with Gasteiger partial charge in [0.2, 0.25) is 10.0 Å². The average molecular weight is 472 g/mol. The molecule has 33 heavy (non-hydrogen) atoms. The summed E-state index contributed by atoms with van der Waals surface area (Å²) in [6.45, 7) is 0. The minimum atomic E-state index is -4.01. The second-order valence-electron chi connectivity index (χ2n) is 6.83. The lowest BCUT2D eigenvalue weighted by atomic mass is 10.2. The number of amides is 1. The summed E-state index contributed by atoms with van der Waals surface area (Å²) >= 11 is 0. The number of imidazole rings is 1. The number of aromatic amines is 2. The highest BCUT2D eigenvalue weighted by Gasteiger charge is 2.21. The number of hydrogen-bond donors (Lipinski definition) is 4. The van der Waals surface area contributed by atoms with Gasteiger partial charge in [-0.3, -0.25) is 9.89 Å². The van der Waals surface area contributed by atoms with E-state index in [9.17, 15) is 13.2 Å². The quantitative estimate of drug-likeness (QED) is 0.315. The molecule has 0 bridgehead atoms. The second-order valence-corrected chi connectivity index (χ2v) is 8.39. The molecule has 0 saturated carbocycles. The lowest BCUT2D eigenvalue weighted by Crippen LogP contribution is -2.17. The zero-order valence-electron chi connectivity index (χ0n) is 17.8. The highest BCUT2D eigenvalue weighted by Crippen LogP contribution is 2.33. The number of ether oxygens (including phenoxy) is 3. The molecule has 4 rings (SSSR count). The van der Waals surface area contributed by atoms with E-state index in [-0.39, 0.29) is 16.2 Å². The monoisotopic (exact) mass is 472 g/mol. The van der Waals surface area contributed by atoms with Crippen molar-refractivity contribution < 1.29 is 27.4 Å². The van der Waals surface area contributed by atoms with Gasteiger partial charge in [0.15, 0.2) is 17.3 Å². The van der Waals surface area contributed by atoms with E-state index in [0.717, 1.165) is 6.07 Å². The number of carbonyl (C=O) groups excluding carboxylic acids is 1. The number of carbonyl (C=O) groups is 1. The summed E-state index contributed by atoms with van der Waals surface area (Å²) < 4.78 is 39.2. The molecule has 0 saturated heterocycles. The van der Waals surface area contributed by atoms with Crippen LogP contribution in [0.5, 0.6) is 17.2 Å². The van der Waals surface area contributed by atoms with Crippen molar-refractivity contribution in [2.75, 3.05) is 26.6 Å². The lowest BCUT2D eigenvalue weighted by molar-refractivity contribution is 0.102. The topological polar surface area (TPSA) is 174 Å². The number of methoxy groups -OCH3 is 3. The molecular weight excluding hydrogens is 452 g/mol. The number of hydrogen-bond acceptors (Lipinski definition) is 8. The van der Waals surface area contributed by atoms with Gasteiger partial charge in [-0.1, -0.05) is 0 Å². The molecule has 5 N–H and O–H groups in total. The SMILES string of the molecule is COc1cc2nc(-c3[nH]ncc3NC(=O)c3cc(S(N)(=O)=O)ccc3OC)[nH]c2cc1OC. The summed E-state index contributed by atoms with van der Waals surface area (Å²) in [5.41, 5.74) is 1.98. The number of fused-ring (bicyclic) bond motifs is 1. The van der Waals surface area contributed by atoms with Crippen molar-refractivity contribution in [3.63, 3.8) is 0 Å². The molecule has 2 aromatic heterocycles. The van der Waals surface area contributed by atoms with Gasteiger partial charge in [0.25, 0.3) is 5.91 Å². The Hall–Kier alpha value is -4.10. The Bertz CT molecular complexity index is 1420. The van der Waals surface area contributed by atoms with E-state index < -0.39 is 15.9 Å². The number of aromatic nitrogens is 4. The molecule has 0 unspecified atom stereocenters. The van der Waals surface area contributed by atoms with E-state index in [4.69, 9.17) is 19.3 Å². The summed E-state index contributed by atoms with van der Waals surface area (Å²) in [6, 6.07) is 7.20. The maximum atomic E-state index is 13.0. The summed E-state index contributed by atoms with van der Waals surface area (Å²) in [5.74, 6) is 0.994. The van der Waals surface area contributed by atoms with Crippen molar-refractivity contribution in [1.29, 1.82) is 0 Å². The van der Waals surface area contributed by atoms with Crippen LogP contribution in [0.2, 0.25) is 0 Å². The highest BCUT2D eigenvalue weighted by atomic mass is 32.2. The first-order valence-electron chi connectivity index (χ1n) is 9.42. The molecule has 0 radical (unpaired) electrons. The third kappa shape index (κ3) is 4.18. The van der Waals surface area contributed by atoms with Crippen LogP contribution in [-0.4, -0.2) is 55.8 Å². The Morgan fingerprint density at radius 3 is 2.39 bits per heavy atom. The van der Waals surface area contributed by atoms with Gasteiger partial charge in [0.1, 0.15) is 11.4 Å². The van der Waals surface area contributed by atoms with Crippen LogP contribution < -0.4 is 24.7 Å². The van der Waals surface area contributed by atoms with E-state index in [0.29, 0.717) is 39.7 Å². The van der Waals surface area contributed by atoms with Gasteiger partial charge in [0, 0.05) is 12.1 Å². The molecule has 1 amide bonds. The standard InChI is InChI=1S/C20H20N6O6S/c1-30-15-5-4-10(33(21,28)29)6-11(15)20(27)25-14-9-22-26-18(14)19-23-12-7-16(31-2)17(32-3)8-13(12)24-19/h4-9H,1-3H3,(H,22,26)(H,23,24)(H,25,27)(H2,21,28,29). The number of nitrogens with one attached hydrogen (secondary N) is 3. The number of sulfonamides is 1. The molecule has 2 aromatic carbocycles. The Kier molecular flexibility index (Phi) is 5.66. The van der Waals surface area contributed by atoms with Gasteiger partial charge >= 0.3 is 0 Å². The molecule has 0 aliphatic heterocycles. The summed E-state index contributed by atoms with van der Waals surface area (Å²) in [4.78, 5) is 20.4. The van der Waals surface area contributed by atoms with Crippen LogP contribution in [0.3, 0.4) is 0 Å². The Labute approximate surface area is 188 Å². The minimum absolute atomic E-state index is 0.0183. The lowest BCUT2D eigenvalue weighted by Gasteiger charge is -2.10. The van der Waals surface area contributed by atoms with Crippen LogP contribution in [0.25, 0.3) is 22.6 Å². The molecule has 2 heterocycles. The largest absolute Gasteiger partial charge is 0.496 e. The summed E-state index contributed by atoms with van der Waals surface area (Å²) in [5, 5.41) is 14.7. The van der Waals surface area contributed by atoms with Gasteiger partial charge in [-0.15, -0.1) is 0 Å². The molecule has 0 aliphatic carbocycles. The van der Waals surface area contributed by atoms with Crippen molar-refractivity contribution in [3.8, 4) is 28.8 Å². The van der Waals surface area contributed by atoms with Crippen LogP contribution >= 0.6 is 0 Å². The second kappa shape index (κ2) is 8.44. The molecule has 0 fully saturated rings. The van der Waals surface area contributed by atoms with E-state index in [1.165, 1.54) is 39.7 Å². The van der Waals surface area contributed by atoms with Crippen LogP contribution in [0.15, 0.2) is 41.4 Å². The fourth-order valence-electron chi connectivity index (χ4n) is 3.25.